The number of aliphatic hydroxyl groups is 1. The van der Waals surface area contributed by atoms with E-state index in [1.807, 2.05) is 0 Å². The van der Waals surface area contributed by atoms with Crippen LogP contribution >= 0.6 is 0 Å². The van der Waals surface area contributed by atoms with E-state index >= 15 is 0 Å². The number of halogens is 1. The number of anilines is 1. The summed E-state index contributed by atoms with van der Waals surface area (Å²) < 4.78 is 12.7. The predicted molar refractivity (Wildman–Crippen MR) is 43.4 cm³/mol. The van der Waals surface area contributed by atoms with Gasteiger partial charge in [0.25, 0.3) is 5.69 Å². The normalized spacial score (nSPS) is 10.0. The summed E-state index contributed by atoms with van der Waals surface area (Å²) in [5.41, 5.74) is 4.59. The summed E-state index contributed by atoms with van der Waals surface area (Å²) in [5, 5.41) is 19.0. The second-order valence-electron chi connectivity index (χ2n) is 2.41. The highest BCUT2D eigenvalue weighted by Gasteiger charge is 2.16. The Hall–Kier alpha value is -1.69. The molecule has 0 saturated heterocycles. The van der Waals surface area contributed by atoms with Crippen molar-refractivity contribution in [1.82, 2.24) is 0 Å². The number of hydrogen-bond donors (Lipinski definition) is 2. The Balaban J connectivity index is 3.35. The summed E-state index contributed by atoms with van der Waals surface area (Å²) in [7, 11) is 0. The van der Waals surface area contributed by atoms with Gasteiger partial charge in [0.15, 0.2) is 0 Å². The molecule has 6 heteroatoms. The van der Waals surface area contributed by atoms with Crippen molar-refractivity contribution < 1.29 is 14.4 Å². The van der Waals surface area contributed by atoms with Gasteiger partial charge in [-0.05, 0) is 6.07 Å². The smallest absolute Gasteiger partial charge is 0.295 e. The molecule has 5 nitrogen and oxygen atoms in total. The number of rotatable bonds is 2. The number of benzene rings is 1. The quantitative estimate of drug-likeness (QED) is 0.406. The minimum Gasteiger partial charge on any atom is -0.393 e. The second-order valence-corrected chi connectivity index (χ2v) is 2.41. The van der Waals surface area contributed by atoms with E-state index in [4.69, 9.17) is 10.8 Å². The van der Waals surface area contributed by atoms with Crippen molar-refractivity contribution in [3.8, 4) is 0 Å². The number of aliphatic hydroxyl groups excluding tert-OH is 1. The zero-order valence-electron chi connectivity index (χ0n) is 6.53. The molecular weight excluding hydrogens is 179 g/mol. The molecule has 3 N–H and O–H groups in total. The SMILES string of the molecule is Nc1c(CO)cc(F)cc1[N+](=O)[O-]. The summed E-state index contributed by atoms with van der Waals surface area (Å²) in [5.74, 6) is -0.787. The van der Waals surface area contributed by atoms with Crippen molar-refractivity contribution in [2.24, 2.45) is 0 Å². The lowest BCUT2D eigenvalue weighted by Gasteiger charge is -2.02. The first kappa shape index (κ1) is 9.40. The Labute approximate surface area is 72.7 Å². The number of nitrogens with two attached hydrogens (primary N) is 1. The van der Waals surface area contributed by atoms with Crippen LogP contribution in [0.3, 0.4) is 0 Å². The van der Waals surface area contributed by atoms with E-state index in [-0.39, 0.29) is 11.3 Å². The Morgan fingerprint density at radius 1 is 1.62 bits per heavy atom. The van der Waals surface area contributed by atoms with E-state index in [1.165, 1.54) is 0 Å². The third-order valence-corrected chi connectivity index (χ3v) is 1.58. The molecule has 13 heavy (non-hydrogen) atoms. The fourth-order valence-electron chi connectivity index (χ4n) is 0.941. The average Bonchev–Trinajstić information content (AvgIpc) is 2.08. The maximum absolute atomic E-state index is 12.7. The topological polar surface area (TPSA) is 89.4 Å². The Bertz CT molecular complexity index is 354. The van der Waals surface area contributed by atoms with Gasteiger partial charge in [-0.15, -0.1) is 0 Å². The Morgan fingerprint density at radius 2 is 2.23 bits per heavy atom. The third-order valence-electron chi connectivity index (χ3n) is 1.58. The first-order chi connectivity index (χ1) is 6.06. The fourth-order valence-corrected chi connectivity index (χ4v) is 0.941. The number of nitrogen functional groups attached to an aromatic ring is 1. The molecule has 0 aliphatic carbocycles. The molecular formula is C7H7FN2O3. The van der Waals surface area contributed by atoms with Gasteiger partial charge in [-0.1, -0.05) is 0 Å². The molecule has 0 bridgehead atoms. The number of nitro benzene ring substituents is 1. The monoisotopic (exact) mass is 186 g/mol. The highest BCUT2D eigenvalue weighted by atomic mass is 19.1. The molecule has 1 aromatic carbocycles. The molecule has 0 saturated carbocycles. The summed E-state index contributed by atoms with van der Waals surface area (Å²) >= 11 is 0. The van der Waals surface area contributed by atoms with E-state index in [0.717, 1.165) is 6.07 Å². The van der Waals surface area contributed by atoms with Crippen LogP contribution in [0.4, 0.5) is 15.8 Å². The molecule has 0 spiro atoms. The molecule has 0 aromatic heterocycles. The highest BCUT2D eigenvalue weighted by molar-refractivity contribution is 5.63. The average molecular weight is 186 g/mol. The van der Waals surface area contributed by atoms with Crippen LogP contribution in [0.2, 0.25) is 0 Å². The standard InChI is InChI=1S/C7H7FN2O3/c8-5-1-4(3-11)7(9)6(2-5)10(12)13/h1-2,11H,3,9H2. The molecule has 0 atom stereocenters. The Morgan fingerprint density at radius 3 is 2.69 bits per heavy atom. The van der Waals surface area contributed by atoms with Crippen LogP contribution in [-0.4, -0.2) is 10.0 Å². The van der Waals surface area contributed by atoms with Crippen LogP contribution < -0.4 is 5.73 Å². The number of nitrogens with zero attached hydrogens (tertiary/aromatic N) is 1. The second kappa shape index (κ2) is 3.36. The van der Waals surface area contributed by atoms with E-state index in [2.05, 4.69) is 0 Å². The highest BCUT2D eigenvalue weighted by Crippen LogP contribution is 2.26. The van der Waals surface area contributed by atoms with Crippen LogP contribution in [0, 0.1) is 15.9 Å². The maximum Gasteiger partial charge on any atom is 0.295 e. The molecule has 0 fully saturated rings. The van der Waals surface area contributed by atoms with Crippen LogP contribution in [0.15, 0.2) is 12.1 Å². The summed E-state index contributed by atoms with van der Waals surface area (Å²) in [6.45, 7) is -0.523. The van der Waals surface area contributed by atoms with Crippen LogP contribution in [0.1, 0.15) is 5.56 Å². The van der Waals surface area contributed by atoms with E-state index < -0.39 is 23.0 Å². The van der Waals surface area contributed by atoms with Crippen molar-refractivity contribution >= 4 is 11.4 Å². The molecule has 70 valence electrons. The van der Waals surface area contributed by atoms with Crippen LogP contribution in [0.5, 0.6) is 0 Å². The first-order valence-electron chi connectivity index (χ1n) is 3.39. The molecule has 0 aliphatic rings. The van der Waals surface area contributed by atoms with Crippen molar-refractivity contribution in [2.45, 2.75) is 6.61 Å². The van der Waals surface area contributed by atoms with Gasteiger partial charge in [0, 0.05) is 5.56 Å². The minimum atomic E-state index is -0.794. The van der Waals surface area contributed by atoms with Gasteiger partial charge in [-0.2, -0.15) is 0 Å². The first-order valence-corrected chi connectivity index (χ1v) is 3.39. The van der Waals surface area contributed by atoms with Gasteiger partial charge in [-0.3, -0.25) is 10.1 Å². The molecule has 0 heterocycles. The predicted octanol–water partition coefficient (Wildman–Crippen LogP) is 0.808. The van der Waals surface area contributed by atoms with Gasteiger partial charge >= 0.3 is 0 Å². The fraction of sp³-hybridized carbons (Fsp3) is 0.143. The van der Waals surface area contributed by atoms with E-state index in [0.29, 0.717) is 6.07 Å². The molecule has 0 aliphatic heterocycles. The van der Waals surface area contributed by atoms with Gasteiger partial charge in [0.2, 0.25) is 0 Å². The number of nitro groups is 1. The zero-order valence-corrected chi connectivity index (χ0v) is 6.53. The zero-order chi connectivity index (χ0) is 10.0. The molecule has 0 amide bonds. The van der Waals surface area contributed by atoms with Crippen molar-refractivity contribution in [1.29, 1.82) is 0 Å². The minimum absolute atomic E-state index is 0.0201. The molecule has 1 rings (SSSR count). The van der Waals surface area contributed by atoms with Gasteiger partial charge < -0.3 is 10.8 Å². The molecule has 1 aromatic rings. The summed E-state index contributed by atoms with van der Waals surface area (Å²) in [6, 6.07) is 1.68. The van der Waals surface area contributed by atoms with Crippen LogP contribution in [-0.2, 0) is 6.61 Å². The lowest BCUT2D eigenvalue weighted by molar-refractivity contribution is -0.384. The third kappa shape index (κ3) is 1.73. The lowest BCUT2D eigenvalue weighted by Crippen LogP contribution is -2.01. The van der Waals surface area contributed by atoms with Crippen LogP contribution in [0.25, 0.3) is 0 Å². The van der Waals surface area contributed by atoms with Gasteiger partial charge in [0.1, 0.15) is 11.5 Å². The summed E-state index contributed by atoms with van der Waals surface area (Å²) in [6.07, 6.45) is 0. The van der Waals surface area contributed by atoms with Gasteiger partial charge in [-0.25, -0.2) is 4.39 Å². The molecule has 0 unspecified atom stereocenters. The summed E-state index contributed by atoms with van der Waals surface area (Å²) in [4.78, 5) is 9.53. The van der Waals surface area contributed by atoms with Crippen molar-refractivity contribution in [2.75, 3.05) is 5.73 Å². The lowest BCUT2D eigenvalue weighted by atomic mass is 10.1. The molecule has 0 radical (unpaired) electrons. The van der Waals surface area contributed by atoms with Crippen molar-refractivity contribution in [3.63, 3.8) is 0 Å². The maximum atomic E-state index is 12.7. The largest absolute Gasteiger partial charge is 0.393 e. The van der Waals surface area contributed by atoms with E-state index in [1.54, 1.807) is 0 Å². The number of hydrogen-bond acceptors (Lipinski definition) is 4. The van der Waals surface area contributed by atoms with E-state index in [9.17, 15) is 14.5 Å². The Kier molecular flexibility index (Phi) is 2.43. The van der Waals surface area contributed by atoms with Gasteiger partial charge in [0.05, 0.1) is 17.6 Å². The van der Waals surface area contributed by atoms with Crippen molar-refractivity contribution in [3.05, 3.63) is 33.6 Å².